The number of nitrogens with zero attached hydrogens (tertiary/aromatic N) is 2. The average molecular weight is 258 g/mol. The first-order valence-corrected chi connectivity index (χ1v) is 5.92. The number of rotatable bonds is 3. The Morgan fingerprint density at radius 3 is 2.76 bits per heavy atom. The van der Waals surface area contributed by atoms with Crippen LogP contribution < -0.4 is 0 Å². The standard InChI is InChI=1S/C11H18N2O3S/c1-4-5-16-11(15)13-7-8(17)6-9(13)10(14)12(2)3/h4,8-9,17H,1,5-7H2,2-3H3/t8-,9-/m0/s1. The fourth-order valence-electron chi connectivity index (χ4n) is 1.76. The van der Waals surface area contributed by atoms with Crippen LogP contribution in [0.4, 0.5) is 4.79 Å². The number of carbonyl (C=O) groups excluding carboxylic acids is 2. The van der Waals surface area contributed by atoms with Crippen molar-refractivity contribution in [3.63, 3.8) is 0 Å². The van der Waals surface area contributed by atoms with Gasteiger partial charge in [0.2, 0.25) is 5.91 Å². The van der Waals surface area contributed by atoms with Crippen LogP contribution in [0.25, 0.3) is 0 Å². The summed E-state index contributed by atoms with van der Waals surface area (Å²) in [5.74, 6) is -0.0999. The molecule has 1 aliphatic rings. The molecular weight excluding hydrogens is 240 g/mol. The van der Waals surface area contributed by atoms with Gasteiger partial charge in [0.15, 0.2) is 0 Å². The number of likely N-dealkylation sites (tertiary alicyclic amines) is 1. The fourth-order valence-corrected chi connectivity index (χ4v) is 2.14. The van der Waals surface area contributed by atoms with E-state index in [4.69, 9.17) is 4.74 Å². The number of amides is 2. The lowest BCUT2D eigenvalue weighted by atomic mass is 10.2. The van der Waals surface area contributed by atoms with Crippen LogP contribution in [0, 0.1) is 0 Å². The fraction of sp³-hybridized carbons (Fsp3) is 0.636. The highest BCUT2D eigenvalue weighted by molar-refractivity contribution is 7.81. The summed E-state index contributed by atoms with van der Waals surface area (Å²) in [4.78, 5) is 26.6. The molecule has 0 N–H and O–H groups in total. The first-order valence-electron chi connectivity index (χ1n) is 5.41. The predicted octanol–water partition coefficient (Wildman–Crippen LogP) is 0.770. The lowest BCUT2D eigenvalue weighted by Gasteiger charge is -2.25. The van der Waals surface area contributed by atoms with Crippen LogP contribution in [0.2, 0.25) is 0 Å². The zero-order chi connectivity index (χ0) is 13.0. The molecule has 1 saturated heterocycles. The van der Waals surface area contributed by atoms with Gasteiger partial charge in [0, 0.05) is 25.9 Å². The molecule has 1 fully saturated rings. The summed E-state index contributed by atoms with van der Waals surface area (Å²) in [5, 5.41) is 0.0141. The van der Waals surface area contributed by atoms with Crippen LogP contribution in [-0.4, -0.2) is 60.3 Å². The van der Waals surface area contributed by atoms with Gasteiger partial charge < -0.3 is 9.64 Å². The minimum atomic E-state index is -0.485. The zero-order valence-electron chi connectivity index (χ0n) is 10.1. The number of ether oxygens (including phenoxy) is 1. The van der Waals surface area contributed by atoms with Crippen LogP contribution in [-0.2, 0) is 9.53 Å². The Morgan fingerprint density at radius 2 is 2.24 bits per heavy atom. The summed E-state index contributed by atoms with van der Waals surface area (Å²) in [7, 11) is 3.34. The van der Waals surface area contributed by atoms with Crippen molar-refractivity contribution < 1.29 is 14.3 Å². The van der Waals surface area contributed by atoms with Crippen molar-refractivity contribution in [2.45, 2.75) is 17.7 Å². The molecule has 6 heteroatoms. The first kappa shape index (κ1) is 13.9. The van der Waals surface area contributed by atoms with E-state index in [9.17, 15) is 9.59 Å². The van der Waals surface area contributed by atoms with Gasteiger partial charge in [-0.05, 0) is 6.42 Å². The largest absolute Gasteiger partial charge is 0.445 e. The third kappa shape index (κ3) is 3.39. The molecule has 0 unspecified atom stereocenters. The summed E-state index contributed by atoms with van der Waals surface area (Å²) in [5.41, 5.74) is 0. The smallest absolute Gasteiger partial charge is 0.410 e. The van der Waals surface area contributed by atoms with Crippen molar-refractivity contribution in [2.75, 3.05) is 27.2 Å². The van der Waals surface area contributed by atoms with E-state index in [-0.39, 0.29) is 17.8 Å². The molecule has 96 valence electrons. The Kier molecular flexibility index (Phi) is 4.86. The Labute approximate surface area is 107 Å². The maximum absolute atomic E-state index is 11.9. The molecule has 0 radical (unpaired) electrons. The van der Waals surface area contributed by atoms with Gasteiger partial charge in [0.05, 0.1) is 0 Å². The Hall–Kier alpha value is -1.17. The molecule has 0 aromatic heterocycles. The molecule has 0 aliphatic carbocycles. The maximum Gasteiger partial charge on any atom is 0.410 e. The molecule has 2 amide bonds. The lowest BCUT2D eigenvalue weighted by molar-refractivity contribution is -0.132. The van der Waals surface area contributed by atoms with Crippen LogP contribution in [0.5, 0.6) is 0 Å². The zero-order valence-corrected chi connectivity index (χ0v) is 11.0. The van der Waals surface area contributed by atoms with Crippen molar-refractivity contribution in [3.8, 4) is 0 Å². The van der Waals surface area contributed by atoms with Crippen molar-refractivity contribution >= 4 is 24.6 Å². The van der Waals surface area contributed by atoms with Crippen molar-refractivity contribution in [3.05, 3.63) is 12.7 Å². The van der Waals surface area contributed by atoms with Crippen LogP contribution in [0.3, 0.4) is 0 Å². The van der Waals surface area contributed by atoms with Gasteiger partial charge in [-0.15, -0.1) is 0 Å². The summed E-state index contributed by atoms with van der Waals surface area (Å²) in [6, 6.07) is -0.468. The molecule has 0 saturated carbocycles. The monoisotopic (exact) mass is 258 g/mol. The van der Waals surface area contributed by atoms with Crippen molar-refractivity contribution in [2.24, 2.45) is 0 Å². The van der Waals surface area contributed by atoms with Gasteiger partial charge in [-0.25, -0.2) is 4.79 Å². The van der Waals surface area contributed by atoms with Gasteiger partial charge in [0.1, 0.15) is 12.6 Å². The van der Waals surface area contributed by atoms with E-state index in [1.807, 2.05) is 0 Å². The molecule has 17 heavy (non-hydrogen) atoms. The van der Waals surface area contributed by atoms with Crippen molar-refractivity contribution in [1.29, 1.82) is 0 Å². The lowest BCUT2D eigenvalue weighted by Crippen LogP contribution is -2.45. The van der Waals surface area contributed by atoms with Gasteiger partial charge in [0.25, 0.3) is 0 Å². The van der Waals surface area contributed by atoms with Crippen LogP contribution in [0.1, 0.15) is 6.42 Å². The second-order valence-corrected chi connectivity index (χ2v) is 4.89. The molecule has 1 aliphatic heterocycles. The third-order valence-corrected chi connectivity index (χ3v) is 2.94. The molecule has 2 atom stereocenters. The molecule has 0 spiro atoms. The van der Waals surface area contributed by atoms with E-state index in [0.717, 1.165) is 0 Å². The van der Waals surface area contributed by atoms with Gasteiger partial charge >= 0.3 is 6.09 Å². The highest BCUT2D eigenvalue weighted by Crippen LogP contribution is 2.23. The topological polar surface area (TPSA) is 49.9 Å². The normalized spacial score (nSPS) is 23.4. The minimum absolute atomic E-state index is 0.0141. The number of thiol groups is 1. The molecular formula is C11H18N2O3S. The van der Waals surface area contributed by atoms with E-state index in [1.54, 1.807) is 14.1 Å². The quantitative estimate of drug-likeness (QED) is 0.601. The Morgan fingerprint density at radius 1 is 1.59 bits per heavy atom. The highest BCUT2D eigenvalue weighted by Gasteiger charge is 2.39. The Bertz CT molecular complexity index is 320. The van der Waals surface area contributed by atoms with E-state index in [0.29, 0.717) is 13.0 Å². The predicted molar refractivity (Wildman–Crippen MR) is 68.1 cm³/mol. The third-order valence-electron chi connectivity index (χ3n) is 2.56. The molecule has 5 nitrogen and oxygen atoms in total. The van der Waals surface area contributed by atoms with E-state index in [1.165, 1.54) is 15.9 Å². The van der Waals surface area contributed by atoms with E-state index >= 15 is 0 Å². The summed E-state index contributed by atoms with van der Waals surface area (Å²) < 4.78 is 4.95. The molecule has 0 aromatic carbocycles. The Balaban J connectivity index is 2.71. The van der Waals surface area contributed by atoms with Gasteiger partial charge in [-0.3, -0.25) is 9.69 Å². The number of hydrogen-bond donors (Lipinski definition) is 1. The minimum Gasteiger partial charge on any atom is -0.445 e. The molecule has 0 bridgehead atoms. The SMILES string of the molecule is C=CCOC(=O)N1C[C@@H](S)C[C@H]1C(=O)N(C)C. The van der Waals surface area contributed by atoms with Gasteiger partial charge in [-0.2, -0.15) is 12.6 Å². The number of hydrogen-bond acceptors (Lipinski definition) is 4. The second kappa shape index (κ2) is 5.95. The molecule has 1 heterocycles. The average Bonchev–Trinajstić information content (AvgIpc) is 2.66. The van der Waals surface area contributed by atoms with Crippen LogP contribution in [0.15, 0.2) is 12.7 Å². The molecule has 0 aromatic rings. The van der Waals surface area contributed by atoms with E-state index < -0.39 is 12.1 Å². The molecule has 1 rings (SSSR count). The summed E-state index contributed by atoms with van der Waals surface area (Å²) in [6.45, 7) is 4.05. The number of carbonyl (C=O) groups is 2. The summed E-state index contributed by atoms with van der Waals surface area (Å²) >= 11 is 4.32. The maximum atomic E-state index is 11.9. The number of likely N-dealkylation sites (N-methyl/N-ethyl adjacent to an activating group) is 1. The highest BCUT2D eigenvalue weighted by atomic mass is 32.1. The van der Waals surface area contributed by atoms with Crippen molar-refractivity contribution in [1.82, 2.24) is 9.80 Å². The summed E-state index contributed by atoms with van der Waals surface area (Å²) in [6.07, 6.45) is 1.57. The second-order valence-electron chi connectivity index (χ2n) is 4.16. The van der Waals surface area contributed by atoms with E-state index in [2.05, 4.69) is 19.2 Å². The van der Waals surface area contributed by atoms with Crippen LogP contribution >= 0.6 is 12.6 Å². The van der Waals surface area contributed by atoms with Gasteiger partial charge in [-0.1, -0.05) is 12.7 Å². The first-order chi connectivity index (χ1) is 7.97.